The number of benzene rings is 2. The molecule has 0 aliphatic heterocycles. The van der Waals surface area contributed by atoms with E-state index in [1.807, 2.05) is 6.07 Å². The molecule has 0 spiro atoms. The summed E-state index contributed by atoms with van der Waals surface area (Å²) in [5.74, 6) is -1.27. The Kier molecular flexibility index (Phi) is 4.29. The summed E-state index contributed by atoms with van der Waals surface area (Å²) < 4.78 is 0. The van der Waals surface area contributed by atoms with Crippen LogP contribution in [-0.4, -0.2) is 17.0 Å². The molecule has 0 fully saturated rings. The van der Waals surface area contributed by atoms with E-state index in [0.29, 0.717) is 16.8 Å². The van der Waals surface area contributed by atoms with Crippen molar-refractivity contribution in [2.75, 3.05) is 5.32 Å². The Hall–Kier alpha value is -2.88. The maximum atomic E-state index is 12.1. The summed E-state index contributed by atoms with van der Waals surface area (Å²) in [5, 5.41) is 11.4. The van der Waals surface area contributed by atoms with E-state index >= 15 is 0 Å². The molecule has 1 amide bonds. The van der Waals surface area contributed by atoms with Crippen LogP contribution in [0, 0.1) is 0 Å². The zero-order valence-corrected chi connectivity index (χ0v) is 10.6. The first-order valence-electron chi connectivity index (χ1n) is 6.03. The highest BCUT2D eigenvalue weighted by Crippen LogP contribution is 2.17. The molecule has 2 rings (SSSR count). The van der Waals surface area contributed by atoms with Crippen LogP contribution in [0.2, 0.25) is 0 Å². The third-order valence-corrected chi connectivity index (χ3v) is 2.65. The van der Waals surface area contributed by atoms with E-state index in [4.69, 9.17) is 5.11 Å². The molecule has 0 aliphatic rings. The molecule has 0 atom stereocenters. The van der Waals surface area contributed by atoms with Crippen molar-refractivity contribution >= 4 is 23.6 Å². The lowest BCUT2D eigenvalue weighted by Gasteiger charge is -2.08. The molecule has 0 aliphatic carbocycles. The molecular formula is C16H13NO3. The van der Waals surface area contributed by atoms with Crippen molar-refractivity contribution in [3.63, 3.8) is 0 Å². The van der Waals surface area contributed by atoms with Gasteiger partial charge < -0.3 is 10.4 Å². The number of hydrogen-bond acceptors (Lipinski definition) is 2. The quantitative estimate of drug-likeness (QED) is 0.837. The van der Waals surface area contributed by atoms with E-state index in [1.54, 1.807) is 48.5 Å². The van der Waals surface area contributed by atoms with Crippen molar-refractivity contribution in [2.45, 2.75) is 0 Å². The van der Waals surface area contributed by atoms with Crippen LogP contribution in [0.15, 0.2) is 60.7 Å². The summed E-state index contributed by atoms with van der Waals surface area (Å²) in [5.41, 5.74) is 1.75. The van der Waals surface area contributed by atoms with Gasteiger partial charge in [-0.25, -0.2) is 4.79 Å². The minimum absolute atomic E-state index is 0.234. The van der Waals surface area contributed by atoms with Crippen LogP contribution in [0.5, 0.6) is 0 Å². The second-order valence-electron chi connectivity index (χ2n) is 4.08. The van der Waals surface area contributed by atoms with Gasteiger partial charge in [0, 0.05) is 17.3 Å². The molecule has 20 heavy (non-hydrogen) atoms. The highest BCUT2D eigenvalue weighted by atomic mass is 16.4. The SMILES string of the molecule is O=C(O)/C=C/c1ccccc1NC(=O)c1ccccc1. The van der Waals surface area contributed by atoms with Crippen molar-refractivity contribution < 1.29 is 14.7 Å². The first-order chi connectivity index (χ1) is 9.66. The number of carboxylic acids is 1. The lowest BCUT2D eigenvalue weighted by Crippen LogP contribution is -2.12. The Morgan fingerprint density at radius 2 is 1.60 bits per heavy atom. The Bertz CT molecular complexity index is 648. The summed E-state index contributed by atoms with van der Waals surface area (Å²) in [6.45, 7) is 0. The number of para-hydroxylation sites is 1. The second kappa shape index (κ2) is 6.33. The summed E-state index contributed by atoms with van der Waals surface area (Å²) in [4.78, 5) is 22.6. The fourth-order valence-electron chi connectivity index (χ4n) is 1.70. The first-order valence-corrected chi connectivity index (χ1v) is 6.03. The maximum absolute atomic E-state index is 12.1. The molecule has 0 saturated carbocycles. The number of amides is 1. The molecule has 2 aromatic carbocycles. The predicted octanol–water partition coefficient (Wildman–Crippen LogP) is 3.04. The number of hydrogen-bond donors (Lipinski definition) is 2. The fraction of sp³-hybridized carbons (Fsp3) is 0. The van der Waals surface area contributed by atoms with Gasteiger partial charge in [0.2, 0.25) is 0 Å². The van der Waals surface area contributed by atoms with Crippen LogP contribution < -0.4 is 5.32 Å². The highest BCUT2D eigenvalue weighted by Gasteiger charge is 2.07. The molecule has 0 unspecified atom stereocenters. The standard InChI is InChI=1S/C16H13NO3/c18-15(19)11-10-12-6-4-5-9-14(12)17-16(20)13-7-2-1-3-8-13/h1-11H,(H,17,20)(H,18,19)/b11-10+. The summed E-state index contributed by atoms with van der Waals surface area (Å²) in [7, 11) is 0. The Balaban J connectivity index is 2.21. The average Bonchev–Trinajstić information content (AvgIpc) is 2.47. The Labute approximate surface area is 116 Å². The Morgan fingerprint density at radius 3 is 2.30 bits per heavy atom. The first kappa shape index (κ1) is 13.5. The van der Waals surface area contributed by atoms with Gasteiger partial charge in [-0.15, -0.1) is 0 Å². The maximum Gasteiger partial charge on any atom is 0.328 e. The molecule has 0 bridgehead atoms. The van der Waals surface area contributed by atoms with Gasteiger partial charge in [-0.2, -0.15) is 0 Å². The third-order valence-electron chi connectivity index (χ3n) is 2.65. The lowest BCUT2D eigenvalue weighted by molar-refractivity contribution is -0.131. The number of aliphatic carboxylic acids is 1. The minimum atomic E-state index is -1.03. The van der Waals surface area contributed by atoms with E-state index in [9.17, 15) is 9.59 Å². The van der Waals surface area contributed by atoms with Crippen LogP contribution in [0.25, 0.3) is 6.08 Å². The topological polar surface area (TPSA) is 66.4 Å². The number of rotatable bonds is 4. The minimum Gasteiger partial charge on any atom is -0.478 e. The average molecular weight is 267 g/mol. The van der Waals surface area contributed by atoms with Gasteiger partial charge in [-0.05, 0) is 29.8 Å². The van der Waals surface area contributed by atoms with Crippen molar-refractivity contribution in [2.24, 2.45) is 0 Å². The van der Waals surface area contributed by atoms with E-state index in [0.717, 1.165) is 6.08 Å². The fourth-order valence-corrected chi connectivity index (χ4v) is 1.70. The van der Waals surface area contributed by atoms with Crippen LogP contribution in [-0.2, 0) is 4.79 Å². The number of nitrogens with one attached hydrogen (secondary N) is 1. The highest BCUT2D eigenvalue weighted by molar-refractivity contribution is 6.05. The monoisotopic (exact) mass is 267 g/mol. The summed E-state index contributed by atoms with van der Waals surface area (Å²) >= 11 is 0. The van der Waals surface area contributed by atoms with Gasteiger partial charge in [0.15, 0.2) is 0 Å². The zero-order valence-electron chi connectivity index (χ0n) is 10.6. The smallest absolute Gasteiger partial charge is 0.328 e. The van der Waals surface area contributed by atoms with Crippen LogP contribution in [0.3, 0.4) is 0 Å². The lowest BCUT2D eigenvalue weighted by atomic mass is 10.1. The number of anilines is 1. The Morgan fingerprint density at radius 1 is 0.950 bits per heavy atom. The van der Waals surface area contributed by atoms with E-state index in [2.05, 4.69) is 5.32 Å². The molecule has 2 N–H and O–H groups in total. The van der Waals surface area contributed by atoms with Gasteiger partial charge in [0.1, 0.15) is 0 Å². The molecule has 4 heteroatoms. The van der Waals surface area contributed by atoms with Crippen molar-refractivity contribution in [3.8, 4) is 0 Å². The molecule has 0 saturated heterocycles. The van der Waals surface area contributed by atoms with Crippen molar-refractivity contribution in [1.82, 2.24) is 0 Å². The van der Waals surface area contributed by atoms with Crippen LogP contribution >= 0.6 is 0 Å². The van der Waals surface area contributed by atoms with E-state index in [1.165, 1.54) is 6.08 Å². The van der Waals surface area contributed by atoms with Gasteiger partial charge in [-0.1, -0.05) is 36.4 Å². The molecular weight excluding hydrogens is 254 g/mol. The molecule has 0 heterocycles. The van der Waals surface area contributed by atoms with Crippen LogP contribution in [0.4, 0.5) is 5.69 Å². The molecule has 4 nitrogen and oxygen atoms in total. The summed E-state index contributed by atoms with van der Waals surface area (Å²) in [6, 6.07) is 15.8. The predicted molar refractivity (Wildman–Crippen MR) is 77.5 cm³/mol. The van der Waals surface area contributed by atoms with E-state index < -0.39 is 5.97 Å². The normalized spacial score (nSPS) is 10.4. The molecule has 0 aromatic heterocycles. The largest absolute Gasteiger partial charge is 0.478 e. The van der Waals surface area contributed by atoms with Crippen LogP contribution in [0.1, 0.15) is 15.9 Å². The van der Waals surface area contributed by atoms with Gasteiger partial charge in [0.05, 0.1) is 0 Å². The summed E-state index contributed by atoms with van der Waals surface area (Å²) in [6.07, 6.45) is 2.48. The second-order valence-corrected chi connectivity index (χ2v) is 4.08. The number of carbonyl (C=O) groups is 2. The van der Waals surface area contributed by atoms with E-state index in [-0.39, 0.29) is 5.91 Å². The van der Waals surface area contributed by atoms with Crippen molar-refractivity contribution in [3.05, 3.63) is 71.8 Å². The van der Waals surface area contributed by atoms with Gasteiger partial charge >= 0.3 is 5.97 Å². The molecule has 100 valence electrons. The number of carboxylic acid groups (broad SMARTS) is 1. The number of carbonyl (C=O) groups excluding carboxylic acids is 1. The molecule has 2 aromatic rings. The van der Waals surface area contributed by atoms with Gasteiger partial charge in [0.25, 0.3) is 5.91 Å². The molecule has 0 radical (unpaired) electrons. The third kappa shape index (κ3) is 3.55. The van der Waals surface area contributed by atoms with Gasteiger partial charge in [-0.3, -0.25) is 4.79 Å². The zero-order chi connectivity index (χ0) is 14.4. The van der Waals surface area contributed by atoms with Crippen molar-refractivity contribution in [1.29, 1.82) is 0 Å².